The molecule has 0 aliphatic rings. The van der Waals surface area contributed by atoms with Crippen LogP contribution in [0.5, 0.6) is 0 Å². The number of rotatable bonds is 14. The number of aliphatic carboxylic acids is 1. The maximum absolute atomic E-state index is 12.9. The number of carbonyl (C=O) groups excluding carboxylic acids is 3. The molecule has 1 heterocycles. The molecule has 1 aromatic heterocycles. The van der Waals surface area contributed by atoms with E-state index in [9.17, 15) is 24.3 Å². The van der Waals surface area contributed by atoms with E-state index in [4.69, 9.17) is 10.8 Å². The number of hydrogen-bond donors (Lipinski definition) is 8. The number of carboxylic acids is 1. The van der Waals surface area contributed by atoms with Gasteiger partial charge >= 0.3 is 5.97 Å². The summed E-state index contributed by atoms with van der Waals surface area (Å²) >= 11 is 5.58. The Balaban J connectivity index is 2.90. The fraction of sp³-hybridized carbons (Fsp3) is 0.611. The lowest BCUT2D eigenvalue weighted by atomic mass is 10.1. The molecule has 0 aliphatic carbocycles. The molecule has 0 aliphatic heterocycles. The van der Waals surface area contributed by atoms with Gasteiger partial charge in [0.1, 0.15) is 12.1 Å². The van der Waals surface area contributed by atoms with Crippen LogP contribution in [0.1, 0.15) is 19.0 Å². The standard InChI is InChI=1S/C18H30N6O6S2/c1-9(25)14(18(29)30)24-17(28)13(7-31)23-16(27)12(5-10-6-20-8-21-10)22-15(26)11(19)3-4-32-2/h6,8-9,11-14,25,31H,3-5,7,19H2,1-2H3,(H,20,21)(H,22,26)(H,23,27)(H,24,28)(H,29,30). The number of thiol groups is 1. The minimum Gasteiger partial charge on any atom is -0.480 e. The summed E-state index contributed by atoms with van der Waals surface area (Å²) in [6.45, 7) is 1.21. The van der Waals surface area contributed by atoms with E-state index in [1.807, 2.05) is 6.26 Å². The summed E-state index contributed by atoms with van der Waals surface area (Å²) in [5.41, 5.74) is 6.44. The summed E-state index contributed by atoms with van der Waals surface area (Å²) in [4.78, 5) is 55.7. The molecule has 1 aromatic rings. The highest BCUT2D eigenvalue weighted by Gasteiger charge is 2.31. The number of H-pyrrole nitrogens is 1. The minimum absolute atomic E-state index is 0.0547. The van der Waals surface area contributed by atoms with Crippen LogP contribution in [-0.4, -0.2) is 91.9 Å². The number of aromatic nitrogens is 2. The van der Waals surface area contributed by atoms with Crippen LogP contribution < -0.4 is 21.7 Å². The summed E-state index contributed by atoms with van der Waals surface area (Å²) in [5, 5.41) is 25.9. The normalized spacial score (nSPS) is 15.7. The van der Waals surface area contributed by atoms with Crippen LogP contribution in [0.2, 0.25) is 0 Å². The van der Waals surface area contributed by atoms with Crippen LogP contribution >= 0.6 is 24.4 Å². The Morgan fingerprint density at radius 2 is 1.81 bits per heavy atom. The van der Waals surface area contributed by atoms with Crippen molar-refractivity contribution in [1.29, 1.82) is 0 Å². The van der Waals surface area contributed by atoms with Crippen molar-refractivity contribution in [1.82, 2.24) is 25.9 Å². The average molecular weight is 491 g/mol. The third kappa shape index (κ3) is 9.06. The van der Waals surface area contributed by atoms with Gasteiger partial charge in [-0.05, 0) is 25.4 Å². The first-order valence-electron chi connectivity index (χ1n) is 9.75. The Morgan fingerprint density at radius 1 is 1.19 bits per heavy atom. The van der Waals surface area contributed by atoms with Crippen molar-refractivity contribution in [3.63, 3.8) is 0 Å². The van der Waals surface area contributed by atoms with E-state index in [2.05, 4.69) is 38.5 Å². The quantitative estimate of drug-likeness (QED) is 0.134. The number of hydrogen-bond acceptors (Lipinski definition) is 9. The molecule has 12 nitrogen and oxygen atoms in total. The van der Waals surface area contributed by atoms with Crippen molar-refractivity contribution in [3.8, 4) is 0 Å². The first-order valence-corrected chi connectivity index (χ1v) is 11.8. The van der Waals surface area contributed by atoms with Gasteiger partial charge in [-0.15, -0.1) is 0 Å². The number of amides is 3. The van der Waals surface area contributed by atoms with Gasteiger partial charge in [-0.2, -0.15) is 24.4 Å². The van der Waals surface area contributed by atoms with Gasteiger partial charge in [0.05, 0.1) is 18.5 Å². The first kappa shape index (κ1) is 27.7. The fourth-order valence-electron chi connectivity index (χ4n) is 2.59. The molecular weight excluding hydrogens is 460 g/mol. The van der Waals surface area contributed by atoms with Crippen molar-refractivity contribution < 1.29 is 29.4 Å². The average Bonchev–Trinajstić information content (AvgIpc) is 3.25. The van der Waals surface area contributed by atoms with Crippen LogP contribution in [0.3, 0.4) is 0 Å². The summed E-state index contributed by atoms with van der Waals surface area (Å²) in [6, 6.07) is -4.66. The number of aliphatic hydroxyl groups is 1. The smallest absolute Gasteiger partial charge is 0.328 e. The van der Waals surface area contributed by atoms with Gasteiger partial charge in [-0.1, -0.05) is 0 Å². The third-order valence-corrected chi connectivity index (χ3v) is 5.45. The van der Waals surface area contributed by atoms with Crippen LogP contribution in [0, 0.1) is 0 Å². The summed E-state index contributed by atoms with van der Waals surface area (Å²) in [5.74, 6) is -2.97. The van der Waals surface area contributed by atoms with Crippen molar-refractivity contribution in [2.24, 2.45) is 5.73 Å². The SMILES string of the molecule is CSCCC(N)C(=O)NC(Cc1cnc[nH]1)C(=O)NC(CS)C(=O)NC(C(=O)O)C(C)O. The third-order valence-electron chi connectivity index (χ3n) is 4.44. The Labute approximate surface area is 195 Å². The van der Waals surface area contributed by atoms with Gasteiger partial charge in [0, 0.05) is 24.1 Å². The summed E-state index contributed by atoms with van der Waals surface area (Å²) in [6.07, 6.45) is 3.91. The van der Waals surface area contributed by atoms with Crippen LogP contribution in [-0.2, 0) is 25.6 Å². The Bertz CT molecular complexity index is 763. The predicted molar refractivity (Wildman–Crippen MR) is 122 cm³/mol. The number of nitrogens with two attached hydrogens (primary N) is 1. The molecule has 3 amide bonds. The highest BCUT2D eigenvalue weighted by atomic mass is 32.2. The van der Waals surface area contributed by atoms with E-state index in [0.717, 1.165) is 0 Å². The van der Waals surface area contributed by atoms with Crippen molar-refractivity contribution >= 4 is 48.1 Å². The Morgan fingerprint density at radius 3 is 2.31 bits per heavy atom. The number of thioether (sulfide) groups is 1. The number of nitrogens with one attached hydrogen (secondary N) is 4. The first-order chi connectivity index (χ1) is 15.1. The highest BCUT2D eigenvalue weighted by molar-refractivity contribution is 7.98. The van der Waals surface area contributed by atoms with E-state index in [1.165, 1.54) is 31.2 Å². The molecule has 180 valence electrons. The number of aliphatic hydroxyl groups excluding tert-OH is 1. The molecule has 0 spiro atoms. The van der Waals surface area contributed by atoms with Gasteiger partial charge in [0.2, 0.25) is 17.7 Å². The van der Waals surface area contributed by atoms with Crippen molar-refractivity contribution in [2.45, 2.75) is 50.0 Å². The molecule has 1 rings (SSSR count). The van der Waals surface area contributed by atoms with E-state index in [0.29, 0.717) is 17.9 Å². The molecule has 5 unspecified atom stereocenters. The van der Waals surface area contributed by atoms with E-state index >= 15 is 0 Å². The predicted octanol–water partition coefficient (Wildman–Crippen LogP) is -2.12. The second-order valence-corrected chi connectivity index (χ2v) is 8.39. The summed E-state index contributed by atoms with van der Waals surface area (Å²) in [7, 11) is 0. The topological polar surface area (TPSA) is 200 Å². The zero-order valence-electron chi connectivity index (χ0n) is 17.8. The maximum atomic E-state index is 12.9. The molecule has 0 radical (unpaired) electrons. The highest BCUT2D eigenvalue weighted by Crippen LogP contribution is 2.04. The van der Waals surface area contributed by atoms with Gasteiger partial charge in [0.15, 0.2) is 6.04 Å². The molecule has 32 heavy (non-hydrogen) atoms. The maximum Gasteiger partial charge on any atom is 0.328 e. The van der Waals surface area contributed by atoms with Crippen molar-refractivity contribution in [3.05, 3.63) is 18.2 Å². The van der Waals surface area contributed by atoms with E-state index in [1.54, 1.807) is 0 Å². The molecule has 0 saturated carbocycles. The fourth-order valence-corrected chi connectivity index (χ4v) is 3.34. The molecular formula is C18H30N6O6S2. The Hall–Kier alpha value is -2.29. The van der Waals surface area contributed by atoms with Gasteiger partial charge in [-0.25, -0.2) is 9.78 Å². The van der Waals surface area contributed by atoms with Crippen LogP contribution in [0.4, 0.5) is 0 Å². The second kappa shape index (κ2) is 14.0. The lowest BCUT2D eigenvalue weighted by molar-refractivity contribution is -0.145. The number of carbonyl (C=O) groups is 4. The lowest BCUT2D eigenvalue weighted by Gasteiger charge is -2.25. The Kier molecular flexibility index (Phi) is 12.1. The minimum atomic E-state index is -1.56. The summed E-state index contributed by atoms with van der Waals surface area (Å²) < 4.78 is 0. The number of aromatic amines is 1. The van der Waals surface area contributed by atoms with Crippen LogP contribution in [0.15, 0.2) is 12.5 Å². The van der Waals surface area contributed by atoms with Crippen molar-refractivity contribution in [2.75, 3.05) is 17.8 Å². The molecule has 14 heteroatoms. The molecule has 0 aromatic carbocycles. The van der Waals surface area contributed by atoms with Gasteiger partial charge in [0.25, 0.3) is 0 Å². The number of nitrogens with zero attached hydrogens (tertiary/aromatic N) is 1. The molecule has 0 bridgehead atoms. The van der Waals surface area contributed by atoms with E-state index < -0.39 is 54.0 Å². The largest absolute Gasteiger partial charge is 0.480 e. The van der Waals surface area contributed by atoms with Gasteiger partial charge in [-0.3, -0.25) is 14.4 Å². The van der Waals surface area contributed by atoms with Gasteiger partial charge < -0.3 is 36.9 Å². The molecule has 0 fully saturated rings. The zero-order chi connectivity index (χ0) is 24.3. The number of imidazole rings is 1. The van der Waals surface area contributed by atoms with Crippen LogP contribution in [0.25, 0.3) is 0 Å². The number of carboxylic acid groups (broad SMARTS) is 1. The molecule has 5 atom stereocenters. The lowest BCUT2D eigenvalue weighted by Crippen LogP contribution is -2.59. The molecule has 0 saturated heterocycles. The van der Waals surface area contributed by atoms with E-state index in [-0.39, 0.29) is 12.2 Å². The molecule has 8 N–H and O–H groups in total. The second-order valence-electron chi connectivity index (χ2n) is 7.04. The zero-order valence-corrected chi connectivity index (χ0v) is 19.5. The monoisotopic (exact) mass is 490 g/mol.